The summed E-state index contributed by atoms with van der Waals surface area (Å²) in [6, 6.07) is 19.7. The third-order valence-electron chi connectivity index (χ3n) is 5.16. The molecule has 2 aromatic carbocycles. The fourth-order valence-electron chi connectivity index (χ4n) is 3.53. The molecule has 2 N–H and O–H groups in total. The number of carbonyl (C=O) groups is 1. The Morgan fingerprint density at radius 3 is 2.47 bits per heavy atom. The Balaban J connectivity index is 1.35. The van der Waals surface area contributed by atoms with E-state index < -0.39 is 0 Å². The molecule has 4 rings (SSSR count). The minimum Gasteiger partial charge on any atom is -0.379 e. The highest BCUT2D eigenvalue weighted by molar-refractivity contribution is 5.74. The summed E-state index contributed by atoms with van der Waals surface area (Å²) in [5.74, 6) is 0. The average Bonchev–Trinajstić information content (AvgIpc) is 3.28. The van der Waals surface area contributed by atoms with Gasteiger partial charge in [0.1, 0.15) is 0 Å². The Kier molecular flexibility index (Phi) is 6.74. The van der Waals surface area contributed by atoms with Crippen LogP contribution >= 0.6 is 0 Å². The summed E-state index contributed by atoms with van der Waals surface area (Å²) >= 11 is 0. The maximum atomic E-state index is 12.6. The van der Waals surface area contributed by atoms with Crippen LogP contribution in [0.25, 0.3) is 5.69 Å². The number of benzene rings is 2. The number of rotatable bonds is 7. The number of nitrogens with zero attached hydrogens (tertiary/aromatic N) is 3. The minimum atomic E-state index is -0.190. The number of urea groups is 1. The Labute approximate surface area is 176 Å². The summed E-state index contributed by atoms with van der Waals surface area (Å²) in [6.45, 7) is 4.40. The van der Waals surface area contributed by atoms with Crippen molar-refractivity contribution in [3.05, 3.63) is 84.2 Å². The van der Waals surface area contributed by atoms with Gasteiger partial charge in [-0.25, -0.2) is 9.48 Å². The average molecular weight is 406 g/mol. The number of carbonyl (C=O) groups excluding carboxylic acids is 1. The van der Waals surface area contributed by atoms with Gasteiger partial charge in [0.25, 0.3) is 0 Å². The Morgan fingerprint density at radius 1 is 1.03 bits per heavy atom. The van der Waals surface area contributed by atoms with Gasteiger partial charge in [0, 0.05) is 37.9 Å². The number of aromatic nitrogens is 2. The summed E-state index contributed by atoms with van der Waals surface area (Å²) in [5, 5.41) is 10.5. The van der Waals surface area contributed by atoms with Gasteiger partial charge in [-0.3, -0.25) is 4.90 Å². The topological polar surface area (TPSA) is 71.4 Å². The van der Waals surface area contributed by atoms with Crippen LogP contribution in [0, 0.1) is 0 Å². The van der Waals surface area contributed by atoms with Crippen molar-refractivity contribution in [2.75, 3.05) is 32.8 Å². The molecule has 3 aromatic rings. The summed E-state index contributed by atoms with van der Waals surface area (Å²) in [6.07, 6.45) is 3.70. The molecule has 1 saturated heterocycles. The predicted molar refractivity (Wildman–Crippen MR) is 115 cm³/mol. The maximum absolute atomic E-state index is 12.6. The Hall–Kier alpha value is -3.16. The first-order chi connectivity index (χ1) is 14.8. The van der Waals surface area contributed by atoms with E-state index in [1.807, 2.05) is 54.7 Å². The van der Waals surface area contributed by atoms with Crippen LogP contribution in [0.4, 0.5) is 4.79 Å². The predicted octanol–water partition coefficient (Wildman–Crippen LogP) is 2.75. The SMILES string of the molecule is O=C(NCc1cnn(-c2ccccc2)c1)N[C@H](CN1CCOCC1)c1ccccc1. The fraction of sp³-hybridized carbons (Fsp3) is 0.304. The van der Waals surface area contributed by atoms with Crippen molar-refractivity contribution in [3.8, 4) is 5.69 Å². The van der Waals surface area contributed by atoms with Gasteiger partial charge in [-0.1, -0.05) is 48.5 Å². The van der Waals surface area contributed by atoms with Gasteiger partial charge >= 0.3 is 6.03 Å². The zero-order chi connectivity index (χ0) is 20.6. The molecule has 1 aliphatic rings. The van der Waals surface area contributed by atoms with E-state index >= 15 is 0 Å². The van der Waals surface area contributed by atoms with Crippen LogP contribution in [0.3, 0.4) is 0 Å². The highest BCUT2D eigenvalue weighted by Gasteiger charge is 2.20. The van der Waals surface area contributed by atoms with Crippen LogP contribution in [-0.2, 0) is 11.3 Å². The molecule has 7 nitrogen and oxygen atoms in total. The van der Waals surface area contributed by atoms with Crippen LogP contribution < -0.4 is 10.6 Å². The number of hydrogen-bond donors (Lipinski definition) is 2. The van der Waals surface area contributed by atoms with E-state index in [9.17, 15) is 4.79 Å². The number of amides is 2. The number of nitrogens with one attached hydrogen (secondary N) is 2. The van der Waals surface area contributed by atoms with Crippen molar-refractivity contribution >= 4 is 6.03 Å². The van der Waals surface area contributed by atoms with Crippen LogP contribution in [-0.4, -0.2) is 53.6 Å². The van der Waals surface area contributed by atoms with Crippen LogP contribution in [0.1, 0.15) is 17.2 Å². The van der Waals surface area contributed by atoms with E-state index in [1.54, 1.807) is 10.9 Å². The lowest BCUT2D eigenvalue weighted by Crippen LogP contribution is -2.45. The van der Waals surface area contributed by atoms with Crippen molar-refractivity contribution < 1.29 is 9.53 Å². The first kappa shape index (κ1) is 20.1. The van der Waals surface area contributed by atoms with Crippen molar-refractivity contribution in [1.82, 2.24) is 25.3 Å². The summed E-state index contributed by atoms with van der Waals surface area (Å²) in [7, 11) is 0. The lowest BCUT2D eigenvalue weighted by Gasteiger charge is -2.31. The first-order valence-corrected chi connectivity index (χ1v) is 10.3. The van der Waals surface area contributed by atoms with Crippen LogP contribution in [0.2, 0.25) is 0 Å². The highest BCUT2D eigenvalue weighted by Crippen LogP contribution is 2.15. The molecule has 156 valence electrons. The molecule has 0 aliphatic carbocycles. The molecule has 30 heavy (non-hydrogen) atoms. The fourth-order valence-corrected chi connectivity index (χ4v) is 3.53. The Morgan fingerprint density at radius 2 is 1.73 bits per heavy atom. The van der Waals surface area contributed by atoms with Crippen LogP contribution in [0.15, 0.2) is 73.1 Å². The number of morpholine rings is 1. The molecule has 1 fully saturated rings. The van der Waals surface area contributed by atoms with Gasteiger partial charge in [0.2, 0.25) is 0 Å². The van der Waals surface area contributed by atoms with E-state index in [-0.39, 0.29) is 12.1 Å². The highest BCUT2D eigenvalue weighted by atomic mass is 16.5. The molecule has 0 saturated carbocycles. The zero-order valence-electron chi connectivity index (χ0n) is 16.9. The lowest BCUT2D eigenvalue weighted by atomic mass is 10.1. The van der Waals surface area contributed by atoms with Crippen molar-refractivity contribution in [2.24, 2.45) is 0 Å². The van der Waals surface area contributed by atoms with Crippen LogP contribution in [0.5, 0.6) is 0 Å². The van der Waals surface area contributed by atoms with Crippen molar-refractivity contribution in [2.45, 2.75) is 12.6 Å². The van der Waals surface area contributed by atoms with Gasteiger partial charge in [-0.2, -0.15) is 5.10 Å². The second kappa shape index (κ2) is 10.0. The molecule has 0 radical (unpaired) electrons. The third-order valence-corrected chi connectivity index (χ3v) is 5.16. The molecule has 7 heteroatoms. The molecule has 0 bridgehead atoms. The van der Waals surface area contributed by atoms with Gasteiger partial charge in [0.15, 0.2) is 0 Å². The molecule has 0 spiro atoms. The van der Waals surface area contributed by atoms with E-state index in [4.69, 9.17) is 4.74 Å². The second-order valence-electron chi connectivity index (χ2n) is 7.33. The smallest absolute Gasteiger partial charge is 0.315 e. The second-order valence-corrected chi connectivity index (χ2v) is 7.33. The standard InChI is InChI=1S/C23H27N5O2/c29-23(24-15-19-16-25-28(17-19)21-9-5-2-6-10-21)26-22(20-7-3-1-4-8-20)18-27-11-13-30-14-12-27/h1-10,16-17,22H,11-15,18H2,(H2,24,26,29)/t22-/m1/s1. The third kappa shape index (κ3) is 5.46. The van der Waals surface area contributed by atoms with E-state index in [1.165, 1.54) is 0 Å². The summed E-state index contributed by atoms with van der Waals surface area (Å²) in [4.78, 5) is 15.0. The van der Waals surface area contributed by atoms with Gasteiger partial charge in [0.05, 0.1) is 31.1 Å². The Bertz CT molecular complexity index is 923. The van der Waals surface area contributed by atoms with E-state index in [2.05, 4.69) is 32.8 Å². The van der Waals surface area contributed by atoms with Crippen molar-refractivity contribution in [3.63, 3.8) is 0 Å². The quantitative estimate of drug-likeness (QED) is 0.634. The normalized spacial score (nSPS) is 15.5. The molecule has 1 aliphatic heterocycles. The zero-order valence-corrected chi connectivity index (χ0v) is 16.9. The molecule has 1 atom stereocenters. The van der Waals surface area contributed by atoms with E-state index in [0.29, 0.717) is 6.54 Å². The monoisotopic (exact) mass is 405 g/mol. The van der Waals surface area contributed by atoms with Gasteiger partial charge in [-0.05, 0) is 17.7 Å². The number of ether oxygens (including phenoxy) is 1. The molecule has 2 heterocycles. The minimum absolute atomic E-state index is 0.0867. The van der Waals surface area contributed by atoms with Gasteiger partial charge < -0.3 is 15.4 Å². The lowest BCUT2D eigenvalue weighted by molar-refractivity contribution is 0.0340. The number of hydrogen-bond acceptors (Lipinski definition) is 4. The molecule has 0 unspecified atom stereocenters. The first-order valence-electron chi connectivity index (χ1n) is 10.3. The largest absolute Gasteiger partial charge is 0.379 e. The van der Waals surface area contributed by atoms with Gasteiger partial charge in [-0.15, -0.1) is 0 Å². The molecule has 2 amide bonds. The summed E-state index contributed by atoms with van der Waals surface area (Å²) in [5.41, 5.74) is 3.03. The number of para-hydroxylation sites is 1. The van der Waals surface area contributed by atoms with Crippen molar-refractivity contribution in [1.29, 1.82) is 0 Å². The molecular formula is C23H27N5O2. The molecular weight excluding hydrogens is 378 g/mol. The maximum Gasteiger partial charge on any atom is 0.315 e. The molecule has 1 aromatic heterocycles. The van der Waals surface area contributed by atoms with E-state index in [0.717, 1.165) is 49.7 Å². The summed E-state index contributed by atoms with van der Waals surface area (Å²) < 4.78 is 7.25.